The Hall–Kier alpha value is -1.53. The van der Waals surface area contributed by atoms with Gasteiger partial charge >= 0.3 is 0 Å². The Morgan fingerprint density at radius 3 is 2.68 bits per heavy atom. The van der Waals surface area contributed by atoms with Gasteiger partial charge in [0.15, 0.2) is 0 Å². The molecule has 0 radical (unpaired) electrons. The zero-order valence-electron chi connectivity index (χ0n) is 10.5. The molecule has 0 fully saturated rings. The van der Waals surface area contributed by atoms with Crippen molar-refractivity contribution in [2.75, 3.05) is 7.05 Å². The number of hydrogen-bond donors (Lipinski definition) is 1. The van der Waals surface area contributed by atoms with Gasteiger partial charge in [0.2, 0.25) is 0 Å². The molecule has 4 nitrogen and oxygen atoms in total. The lowest BCUT2D eigenvalue weighted by atomic mass is 10.0. The summed E-state index contributed by atoms with van der Waals surface area (Å²) in [5.74, 6) is -0.515. The predicted octanol–water partition coefficient (Wildman–Crippen LogP) is 2.25. The molecule has 0 amide bonds. The topological polar surface area (TPSA) is 42.7 Å². The molecule has 0 saturated carbocycles. The summed E-state index contributed by atoms with van der Waals surface area (Å²) in [6.45, 7) is 0. The largest absolute Gasteiger partial charge is 0.313 e. The minimum absolute atomic E-state index is 0.215. The van der Waals surface area contributed by atoms with Crippen molar-refractivity contribution in [3.8, 4) is 0 Å². The molecule has 0 saturated heterocycles. The van der Waals surface area contributed by atoms with Gasteiger partial charge in [-0.05, 0) is 19.2 Å². The number of likely N-dealkylation sites (N-methyl/N-ethyl adjacent to an activating group) is 1. The van der Waals surface area contributed by atoms with Gasteiger partial charge in [-0.25, -0.2) is 13.8 Å². The van der Waals surface area contributed by atoms with Crippen LogP contribution in [0.1, 0.15) is 17.4 Å². The van der Waals surface area contributed by atoms with Gasteiger partial charge in [0.1, 0.15) is 23.8 Å². The number of benzene rings is 1. The molecule has 0 bridgehead atoms. The number of halogens is 3. The van der Waals surface area contributed by atoms with Crippen LogP contribution in [0, 0.1) is 11.6 Å². The molecule has 0 aliphatic carbocycles. The molecule has 1 aromatic heterocycles. The Balaban J connectivity index is 2.32. The molecule has 0 aliphatic rings. The average molecular weight is 287 g/mol. The van der Waals surface area contributed by atoms with Crippen molar-refractivity contribution in [3.05, 3.63) is 46.5 Å². The van der Waals surface area contributed by atoms with E-state index >= 15 is 0 Å². The SMILES string of the molecule is CNC(Cc1ncnn1C)c1cc(F)c(Cl)cc1F. The monoisotopic (exact) mass is 286 g/mol. The van der Waals surface area contributed by atoms with Crippen LogP contribution in [0.4, 0.5) is 8.78 Å². The third kappa shape index (κ3) is 2.90. The smallest absolute Gasteiger partial charge is 0.142 e. The molecule has 2 rings (SSSR count). The van der Waals surface area contributed by atoms with Crippen LogP contribution in [0.15, 0.2) is 18.5 Å². The highest BCUT2D eigenvalue weighted by atomic mass is 35.5. The Morgan fingerprint density at radius 1 is 1.37 bits per heavy atom. The van der Waals surface area contributed by atoms with Crippen molar-refractivity contribution < 1.29 is 8.78 Å². The number of aryl methyl sites for hydroxylation is 1. The van der Waals surface area contributed by atoms with Crippen LogP contribution in [0.5, 0.6) is 0 Å². The van der Waals surface area contributed by atoms with E-state index < -0.39 is 17.7 Å². The second-order valence-corrected chi connectivity index (χ2v) is 4.54. The summed E-state index contributed by atoms with van der Waals surface area (Å²) in [7, 11) is 3.42. The van der Waals surface area contributed by atoms with Crippen LogP contribution in [-0.2, 0) is 13.5 Å². The van der Waals surface area contributed by atoms with E-state index in [4.69, 9.17) is 11.6 Å². The Morgan fingerprint density at radius 2 is 2.11 bits per heavy atom. The Bertz CT molecular complexity index is 585. The van der Waals surface area contributed by atoms with Crippen molar-refractivity contribution in [3.63, 3.8) is 0 Å². The van der Waals surface area contributed by atoms with Crippen LogP contribution in [0.25, 0.3) is 0 Å². The van der Waals surface area contributed by atoms with Gasteiger partial charge in [0.25, 0.3) is 0 Å². The maximum atomic E-state index is 13.9. The zero-order chi connectivity index (χ0) is 14.0. The van der Waals surface area contributed by atoms with Crippen LogP contribution in [0.2, 0.25) is 5.02 Å². The molecular weight excluding hydrogens is 274 g/mol. The molecule has 1 heterocycles. The number of nitrogens with one attached hydrogen (secondary N) is 1. The second kappa shape index (κ2) is 5.63. The third-order valence-corrected chi connectivity index (χ3v) is 3.24. The first-order valence-corrected chi connectivity index (χ1v) is 6.05. The summed E-state index contributed by atoms with van der Waals surface area (Å²) < 4.78 is 28.9. The van der Waals surface area contributed by atoms with Crippen molar-refractivity contribution in [1.82, 2.24) is 20.1 Å². The van der Waals surface area contributed by atoms with Crippen LogP contribution < -0.4 is 5.32 Å². The number of rotatable bonds is 4. The molecule has 0 spiro atoms. The van der Waals surface area contributed by atoms with Gasteiger partial charge in [-0.15, -0.1) is 0 Å². The Labute approximate surface area is 114 Å². The first-order chi connectivity index (χ1) is 9.02. The lowest BCUT2D eigenvalue weighted by molar-refractivity contribution is 0.506. The van der Waals surface area contributed by atoms with Gasteiger partial charge in [-0.3, -0.25) is 4.68 Å². The highest BCUT2D eigenvalue weighted by Crippen LogP contribution is 2.25. The first kappa shape index (κ1) is 13.9. The van der Waals surface area contributed by atoms with E-state index in [-0.39, 0.29) is 10.6 Å². The van der Waals surface area contributed by atoms with E-state index in [1.54, 1.807) is 18.8 Å². The van der Waals surface area contributed by atoms with E-state index in [9.17, 15) is 8.78 Å². The van der Waals surface area contributed by atoms with Gasteiger partial charge in [0, 0.05) is 25.1 Å². The van der Waals surface area contributed by atoms with Crippen molar-refractivity contribution >= 4 is 11.6 Å². The number of hydrogen-bond acceptors (Lipinski definition) is 3. The standard InChI is InChI=1S/C12H13ClF2N4/c1-16-11(5-12-17-6-18-19(12)2)7-3-10(15)8(13)4-9(7)14/h3-4,6,11,16H,5H2,1-2H3. The minimum atomic E-state index is -0.642. The molecule has 1 aromatic carbocycles. The van der Waals surface area contributed by atoms with Gasteiger partial charge in [-0.1, -0.05) is 11.6 Å². The van der Waals surface area contributed by atoms with Crippen molar-refractivity contribution in [2.45, 2.75) is 12.5 Å². The second-order valence-electron chi connectivity index (χ2n) is 4.13. The predicted molar refractivity (Wildman–Crippen MR) is 67.9 cm³/mol. The minimum Gasteiger partial charge on any atom is -0.313 e. The molecule has 0 aliphatic heterocycles. The maximum absolute atomic E-state index is 13.9. The normalized spacial score (nSPS) is 12.7. The molecule has 1 atom stereocenters. The summed E-state index contributed by atoms with van der Waals surface area (Å²) in [6.07, 6.45) is 1.81. The molecule has 1 unspecified atom stereocenters. The van der Waals surface area contributed by atoms with E-state index in [0.717, 1.165) is 12.1 Å². The van der Waals surface area contributed by atoms with Gasteiger partial charge in [0.05, 0.1) is 5.02 Å². The maximum Gasteiger partial charge on any atom is 0.142 e. The molecule has 7 heteroatoms. The van der Waals surface area contributed by atoms with E-state index in [1.165, 1.54) is 6.33 Å². The van der Waals surface area contributed by atoms with Crippen molar-refractivity contribution in [2.24, 2.45) is 7.05 Å². The summed E-state index contributed by atoms with van der Waals surface area (Å²) in [4.78, 5) is 4.07. The number of nitrogens with zero attached hydrogens (tertiary/aromatic N) is 3. The Kier molecular flexibility index (Phi) is 4.11. The van der Waals surface area contributed by atoms with Crippen LogP contribution in [0.3, 0.4) is 0 Å². The molecular formula is C12H13ClF2N4. The quantitative estimate of drug-likeness (QED) is 0.877. The fraction of sp³-hybridized carbons (Fsp3) is 0.333. The van der Waals surface area contributed by atoms with Gasteiger partial charge < -0.3 is 5.32 Å². The van der Waals surface area contributed by atoms with E-state index in [0.29, 0.717) is 12.2 Å². The fourth-order valence-corrected chi connectivity index (χ4v) is 2.01. The van der Waals surface area contributed by atoms with Crippen LogP contribution in [-0.4, -0.2) is 21.8 Å². The summed E-state index contributed by atoms with van der Waals surface area (Å²) in [6, 6.07) is 1.68. The third-order valence-electron chi connectivity index (χ3n) is 2.96. The van der Waals surface area contributed by atoms with Crippen molar-refractivity contribution in [1.29, 1.82) is 0 Å². The highest BCUT2D eigenvalue weighted by molar-refractivity contribution is 6.30. The number of aromatic nitrogens is 3. The zero-order valence-corrected chi connectivity index (χ0v) is 11.2. The van der Waals surface area contributed by atoms with Crippen LogP contribution >= 0.6 is 11.6 Å². The fourth-order valence-electron chi connectivity index (χ4n) is 1.86. The van der Waals surface area contributed by atoms with E-state index in [2.05, 4.69) is 15.4 Å². The summed E-state index contributed by atoms with van der Waals surface area (Å²) >= 11 is 5.54. The van der Waals surface area contributed by atoms with E-state index in [1.807, 2.05) is 0 Å². The lowest BCUT2D eigenvalue weighted by Gasteiger charge is -2.17. The highest BCUT2D eigenvalue weighted by Gasteiger charge is 2.19. The van der Waals surface area contributed by atoms with Gasteiger partial charge in [-0.2, -0.15) is 5.10 Å². The molecule has 102 valence electrons. The average Bonchev–Trinajstić information content (AvgIpc) is 2.77. The lowest BCUT2D eigenvalue weighted by Crippen LogP contribution is -2.22. The summed E-state index contributed by atoms with van der Waals surface area (Å²) in [5, 5.41) is 6.65. The molecule has 19 heavy (non-hydrogen) atoms. The first-order valence-electron chi connectivity index (χ1n) is 5.67. The molecule has 2 aromatic rings. The summed E-state index contributed by atoms with van der Waals surface area (Å²) in [5.41, 5.74) is 0.215. The molecule has 1 N–H and O–H groups in total.